The van der Waals surface area contributed by atoms with E-state index in [9.17, 15) is 23.2 Å². The standard InChI is InChI=1S/C24H21F3N2O4/c1-3-31-23(30)20-14(2)33-22(29)19(12-28)21(20)16-7-9-18(10-8-16)32-13-15-5-4-6-17(11-15)24(25,26)27/h4-11,21H,3,13,29H2,1-2H3. The van der Waals surface area contributed by atoms with Crippen LogP contribution >= 0.6 is 0 Å². The summed E-state index contributed by atoms with van der Waals surface area (Å²) in [6, 6.07) is 13.4. The van der Waals surface area contributed by atoms with Gasteiger partial charge in [-0.25, -0.2) is 4.79 Å². The first-order chi connectivity index (χ1) is 15.7. The Morgan fingerprint density at radius 2 is 1.91 bits per heavy atom. The first-order valence-corrected chi connectivity index (χ1v) is 10.00. The Balaban J connectivity index is 1.83. The summed E-state index contributed by atoms with van der Waals surface area (Å²) in [4.78, 5) is 12.5. The molecule has 0 saturated carbocycles. The van der Waals surface area contributed by atoms with Gasteiger partial charge in [0.2, 0.25) is 5.88 Å². The minimum absolute atomic E-state index is 0.0656. The Labute approximate surface area is 188 Å². The molecule has 1 atom stereocenters. The van der Waals surface area contributed by atoms with Gasteiger partial charge in [0, 0.05) is 0 Å². The van der Waals surface area contributed by atoms with Crippen LogP contribution in [0.25, 0.3) is 0 Å². The molecule has 33 heavy (non-hydrogen) atoms. The van der Waals surface area contributed by atoms with Gasteiger partial charge >= 0.3 is 12.1 Å². The highest BCUT2D eigenvalue weighted by atomic mass is 19.4. The number of halogens is 3. The number of rotatable bonds is 6. The van der Waals surface area contributed by atoms with E-state index in [1.54, 1.807) is 38.1 Å². The van der Waals surface area contributed by atoms with Crippen LogP contribution in [0.5, 0.6) is 5.75 Å². The van der Waals surface area contributed by atoms with E-state index in [1.807, 2.05) is 6.07 Å². The fraction of sp³-hybridized carbons (Fsp3) is 0.250. The zero-order valence-electron chi connectivity index (χ0n) is 17.9. The molecule has 1 aliphatic heterocycles. The lowest BCUT2D eigenvalue weighted by molar-refractivity contribution is -0.139. The summed E-state index contributed by atoms with van der Waals surface area (Å²) in [7, 11) is 0. The molecule has 0 saturated heterocycles. The maximum absolute atomic E-state index is 12.9. The van der Waals surface area contributed by atoms with Crippen LogP contribution < -0.4 is 10.5 Å². The number of esters is 1. The molecule has 172 valence electrons. The van der Waals surface area contributed by atoms with Crippen LogP contribution in [0.1, 0.15) is 36.5 Å². The minimum atomic E-state index is -4.43. The number of hydrogen-bond donors (Lipinski definition) is 1. The molecule has 0 radical (unpaired) electrons. The van der Waals surface area contributed by atoms with Crippen LogP contribution in [0.4, 0.5) is 13.2 Å². The summed E-state index contributed by atoms with van der Waals surface area (Å²) in [5.74, 6) is -0.875. The van der Waals surface area contributed by atoms with Crippen molar-refractivity contribution < 1.29 is 32.2 Å². The molecule has 0 bridgehead atoms. The summed E-state index contributed by atoms with van der Waals surface area (Å²) in [6.45, 7) is 3.31. The molecule has 2 N–H and O–H groups in total. The number of nitriles is 1. The third-order valence-electron chi connectivity index (χ3n) is 4.97. The largest absolute Gasteiger partial charge is 0.489 e. The summed E-state index contributed by atoms with van der Waals surface area (Å²) in [6.07, 6.45) is -4.43. The van der Waals surface area contributed by atoms with Gasteiger partial charge in [0.05, 0.1) is 23.7 Å². The predicted molar refractivity (Wildman–Crippen MR) is 112 cm³/mol. The van der Waals surface area contributed by atoms with Gasteiger partial charge < -0.3 is 19.9 Å². The molecule has 0 fully saturated rings. The molecule has 9 heteroatoms. The van der Waals surface area contributed by atoms with E-state index in [-0.39, 0.29) is 36.0 Å². The normalized spacial score (nSPS) is 16.2. The molecule has 0 aliphatic carbocycles. The topological polar surface area (TPSA) is 94.6 Å². The van der Waals surface area contributed by atoms with Crippen LogP contribution in [-0.2, 0) is 27.1 Å². The smallest absolute Gasteiger partial charge is 0.416 e. The second kappa shape index (κ2) is 9.69. The van der Waals surface area contributed by atoms with Crippen LogP contribution in [0.2, 0.25) is 0 Å². The molecular weight excluding hydrogens is 437 g/mol. The van der Waals surface area contributed by atoms with Crippen molar-refractivity contribution in [3.05, 3.63) is 88.0 Å². The third-order valence-corrected chi connectivity index (χ3v) is 4.97. The molecule has 0 amide bonds. The Morgan fingerprint density at radius 1 is 1.21 bits per heavy atom. The van der Waals surface area contributed by atoms with E-state index in [1.165, 1.54) is 12.1 Å². The monoisotopic (exact) mass is 458 g/mol. The van der Waals surface area contributed by atoms with Crippen LogP contribution in [0.15, 0.2) is 71.3 Å². The van der Waals surface area contributed by atoms with Crippen molar-refractivity contribution in [2.75, 3.05) is 6.61 Å². The molecule has 3 rings (SSSR count). The Morgan fingerprint density at radius 3 is 2.52 bits per heavy atom. The summed E-state index contributed by atoms with van der Waals surface area (Å²) < 4.78 is 54.8. The number of benzene rings is 2. The molecule has 1 aliphatic rings. The van der Waals surface area contributed by atoms with Gasteiger partial charge in [0.1, 0.15) is 29.8 Å². The average molecular weight is 458 g/mol. The van der Waals surface area contributed by atoms with Crippen molar-refractivity contribution in [3.63, 3.8) is 0 Å². The van der Waals surface area contributed by atoms with E-state index in [4.69, 9.17) is 19.9 Å². The lowest BCUT2D eigenvalue weighted by Gasteiger charge is -2.26. The maximum atomic E-state index is 12.9. The third kappa shape index (κ3) is 5.29. The van der Waals surface area contributed by atoms with Crippen molar-refractivity contribution in [1.29, 1.82) is 5.26 Å². The molecule has 0 spiro atoms. The molecule has 1 heterocycles. The maximum Gasteiger partial charge on any atom is 0.416 e. The number of alkyl halides is 3. The van der Waals surface area contributed by atoms with Crippen LogP contribution in [0, 0.1) is 11.3 Å². The average Bonchev–Trinajstić information content (AvgIpc) is 2.77. The zero-order valence-corrected chi connectivity index (χ0v) is 17.9. The molecular formula is C24H21F3N2O4. The number of nitrogens with two attached hydrogens (primary N) is 1. The summed E-state index contributed by atoms with van der Waals surface area (Å²) >= 11 is 0. The first-order valence-electron chi connectivity index (χ1n) is 10.00. The highest BCUT2D eigenvalue weighted by molar-refractivity contribution is 5.92. The highest BCUT2D eigenvalue weighted by Crippen LogP contribution is 2.40. The highest BCUT2D eigenvalue weighted by Gasteiger charge is 2.36. The van der Waals surface area contributed by atoms with Gasteiger partial charge in [0.15, 0.2) is 0 Å². The van der Waals surface area contributed by atoms with E-state index in [0.717, 1.165) is 12.1 Å². The number of carbonyl (C=O) groups excluding carboxylic acids is 1. The zero-order chi connectivity index (χ0) is 24.2. The Kier molecular flexibility index (Phi) is 6.97. The van der Waals surface area contributed by atoms with Gasteiger partial charge in [-0.15, -0.1) is 0 Å². The second-order valence-electron chi connectivity index (χ2n) is 7.17. The quantitative estimate of drug-likeness (QED) is 0.617. The SMILES string of the molecule is CCOC(=O)C1=C(C)OC(N)=C(C#N)C1c1ccc(OCc2cccc(C(F)(F)F)c2)cc1. The van der Waals surface area contributed by atoms with Crippen molar-refractivity contribution in [1.82, 2.24) is 0 Å². The van der Waals surface area contributed by atoms with Crippen molar-refractivity contribution in [3.8, 4) is 11.8 Å². The number of carbonyl (C=O) groups is 1. The van der Waals surface area contributed by atoms with Crippen molar-refractivity contribution in [2.24, 2.45) is 5.73 Å². The number of nitrogens with zero attached hydrogens (tertiary/aromatic N) is 1. The predicted octanol–water partition coefficient (Wildman–Crippen LogP) is 4.93. The Hall–Kier alpha value is -3.93. The Bertz CT molecular complexity index is 1150. The molecule has 1 unspecified atom stereocenters. The number of ether oxygens (including phenoxy) is 3. The van der Waals surface area contributed by atoms with Crippen molar-refractivity contribution >= 4 is 5.97 Å². The second-order valence-corrected chi connectivity index (χ2v) is 7.17. The van der Waals surface area contributed by atoms with E-state index in [2.05, 4.69) is 0 Å². The number of hydrogen-bond acceptors (Lipinski definition) is 6. The molecule has 2 aromatic carbocycles. The lowest BCUT2D eigenvalue weighted by atomic mass is 9.83. The number of allylic oxidation sites excluding steroid dienone is 2. The fourth-order valence-corrected chi connectivity index (χ4v) is 3.45. The van der Waals surface area contributed by atoms with E-state index in [0.29, 0.717) is 16.9 Å². The minimum Gasteiger partial charge on any atom is -0.489 e. The van der Waals surface area contributed by atoms with Gasteiger partial charge in [-0.2, -0.15) is 18.4 Å². The molecule has 2 aromatic rings. The van der Waals surface area contributed by atoms with Gasteiger partial charge in [-0.1, -0.05) is 24.3 Å². The summed E-state index contributed by atoms with van der Waals surface area (Å²) in [5, 5.41) is 9.61. The van der Waals surface area contributed by atoms with Crippen LogP contribution in [-0.4, -0.2) is 12.6 Å². The molecule has 6 nitrogen and oxygen atoms in total. The van der Waals surface area contributed by atoms with Crippen LogP contribution in [0.3, 0.4) is 0 Å². The van der Waals surface area contributed by atoms with E-state index >= 15 is 0 Å². The van der Waals surface area contributed by atoms with E-state index < -0.39 is 23.6 Å². The van der Waals surface area contributed by atoms with Gasteiger partial charge in [-0.05, 0) is 49.2 Å². The van der Waals surface area contributed by atoms with Crippen molar-refractivity contribution in [2.45, 2.75) is 32.5 Å². The van der Waals surface area contributed by atoms with Gasteiger partial charge in [0.25, 0.3) is 0 Å². The molecule has 0 aromatic heterocycles. The lowest BCUT2D eigenvalue weighted by Crippen LogP contribution is -2.25. The summed E-state index contributed by atoms with van der Waals surface area (Å²) in [5.41, 5.74) is 6.30. The van der Waals surface area contributed by atoms with Gasteiger partial charge in [-0.3, -0.25) is 0 Å². The first kappa shape index (κ1) is 23.7. The fourth-order valence-electron chi connectivity index (χ4n) is 3.45.